The minimum absolute atomic E-state index is 0.115. The highest BCUT2D eigenvalue weighted by Crippen LogP contribution is 2.48. The molecule has 0 spiro atoms. The molecular weight excluding hydrogens is 1210 g/mol. The fourth-order valence-corrected chi connectivity index (χ4v) is 9.79. The quantitative estimate of drug-likeness (QED) is 0.0238. The van der Waals surface area contributed by atoms with Crippen molar-refractivity contribution in [1.29, 1.82) is 0 Å². The SMILES string of the molecule is O=C(C=Cc1ccc(OC2OC(COC(=O)C=Cc3ccc(OC4OC(CO)C(O)C(O)C4O)c(O)c3)C(O)C(O)C2O)c(O)c1)OCC1OC(Oc2cc(O)c3c(c2)OC(c2cc(O)c(O)c(O)c2)C(OC2OC(CO)C(O)C(O)C2O)=C3)C(O)C(O)C1O. The molecule has 33 heteroatoms. The number of aromatic hydroxyl groups is 6. The molecule has 5 aliphatic heterocycles. The van der Waals surface area contributed by atoms with E-state index in [1.807, 2.05) is 0 Å². The first kappa shape index (κ1) is 66.5. The number of carbonyl (C=O) groups excluding carboxylic acids is 2. The number of phenols is 6. The number of hydrogen-bond acceptors (Lipinski definition) is 33. The number of benzene rings is 4. The van der Waals surface area contributed by atoms with Crippen LogP contribution in [0.5, 0.6) is 57.5 Å². The second-order valence-electron chi connectivity index (χ2n) is 21.1. The van der Waals surface area contributed by atoms with Gasteiger partial charge in [0.25, 0.3) is 0 Å². The van der Waals surface area contributed by atoms with Crippen molar-refractivity contribution >= 4 is 30.2 Å². The second-order valence-corrected chi connectivity index (χ2v) is 21.1. The van der Waals surface area contributed by atoms with Crippen molar-refractivity contribution in [3.63, 3.8) is 0 Å². The minimum atomic E-state index is -1.98. The number of phenolic OH excluding ortho intramolecular Hbond substituents is 6. The van der Waals surface area contributed by atoms with Crippen LogP contribution >= 0.6 is 0 Å². The van der Waals surface area contributed by atoms with Crippen LogP contribution in [0, 0.1) is 0 Å². The Labute approximate surface area is 506 Å². The van der Waals surface area contributed by atoms with Crippen LogP contribution in [0.25, 0.3) is 18.2 Å². The number of ether oxygens (including phenoxy) is 11. The van der Waals surface area contributed by atoms with Crippen LogP contribution in [-0.2, 0) is 42.7 Å². The maximum atomic E-state index is 12.9. The zero-order valence-corrected chi connectivity index (χ0v) is 46.4. The molecule has 5 aliphatic rings. The highest BCUT2D eigenvalue weighted by Gasteiger charge is 2.50. The first-order chi connectivity index (χ1) is 42.7. The predicted octanol–water partition coefficient (Wildman–Crippen LogP) is -4.72. The second kappa shape index (κ2) is 28.1. The zero-order valence-electron chi connectivity index (χ0n) is 46.4. The largest absolute Gasteiger partial charge is 0.507 e. The van der Waals surface area contributed by atoms with E-state index in [1.165, 1.54) is 36.4 Å². The molecule has 4 aromatic rings. The van der Waals surface area contributed by atoms with E-state index in [0.29, 0.717) is 0 Å². The lowest BCUT2D eigenvalue weighted by molar-refractivity contribution is -0.293. The summed E-state index contributed by atoms with van der Waals surface area (Å²) in [6.45, 7) is -3.00. The van der Waals surface area contributed by atoms with Gasteiger partial charge in [-0.1, -0.05) is 12.1 Å². The van der Waals surface area contributed by atoms with E-state index in [0.717, 1.165) is 54.6 Å². The van der Waals surface area contributed by atoms with Gasteiger partial charge in [0.1, 0.15) is 134 Å². The van der Waals surface area contributed by atoms with E-state index in [9.17, 15) is 112 Å². The van der Waals surface area contributed by atoms with Crippen LogP contribution in [0.4, 0.5) is 0 Å². The molecule has 33 nitrogen and oxygen atoms in total. The fourth-order valence-electron chi connectivity index (χ4n) is 9.79. The number of esters is 2. The van der Waals surface area contributed by atoms with E-state index >= 15 is 0 Å². The number of carbonyl (C=O) groups is 2. The monoisotopic (exact) mass is 1280 g/mol. The summed E-state index contributed by atoms with van der Waals surface area (Å²) in [7, 11) is 0. The molecule has 4 saturated heterocycles. The van der Waals surface area contributed by atoms with E-state index in [4.69, 9.17) is 52.1 Å². The van der Waals surface area contributed by atoms with Crippen molar-refractivity contribution in [2.24, 2.45) is 0 Å². The van der Waals surface area contributed by atoms with Gasteiger partial charge in [0, 0.05) is 29.8 Å². The lowest BCUT2D eigenvalue weighted by Crippen LogP contribution is -2.60. The van der Waals surface area contributed by atoms with Gasteiger partial charge in [-0.15, -0.1) is 0 Å². The molecule has 490 valence electrons. The number of hydrogen-bond donors (Lipinski definition) is 20. The van der Waals surface area contributed by atoms with Crippen LogP contribution < -0.4 is 18.9 Å². The topological polar surface area (TPSA) is 540 Å². The Kier molecular flexibility index (Phi) is 20.8. The Morgan fingerprint density at radius 2 is 0.833 bits per heavy atom. The highest BCUT2D eigenvalue weighted by molar-refractivity contribution is 5.88. The molecule has 0 radical (unpaired) electrons. The van der Waals surface area contributed by atoms with Gasteiger partial charge in [0.15, 0.2) is 46.4 Å². The third-order valence-corrected chi connectivity index (χ3v) is 14.9. The zero-order chi connectivity index (χ0) is 65.2. The van der Waals surface area contributed by atoms with Crippen molar-refractivity contribution in [3.8, 4) is 57.5 Å². The Morgan fingerprint density at radius 1 is 0.433 bits per heavy atom. The van der Waals surface area contributed by atoms with Gasteiger partial charge in [-0.25, -0.2) is 9.59 Å². The smallest absolute Gasteiger partial charge is 0.330 e. The fraction of sp³-hybridized carbons (Fsp3) is 0.439. The summed E-state index contributed by atoms with van der Waals surface area (Å²) in [5.41, 5.74) is 0.124. The predicted molar refractivity (Wildman–Crippen MR) is 291 cm³/mol. The van der Waals surface area contributed by atoms with Gasteiger partial charge in [0.05, 0.1) is 18.8 Å². The van der Waals surface area contributed by atoms with Crippen LogP contribution in [0.2, 0.25) is 0 Å². The van der Waals surface area contributed by atoms with Crippen molar-refractivity contribution in [2.45, 2.75) is 129 Å². The van der Waals surface area contributed by atoms with E-state index in [-0.39, 0.29) is 51.0 Å². The molecule has 20 N–H and O–H groups in total. The molecule has 5 heterocycles. The minimum Gasteiger partial charge on any atom is -0.507 e. The van der Waals surface area contributed by atoms with Gasteiger partial charge < -0.3 is 154 Å². The molecule has 90 heavy (non-hydrogen) atoms. The average Bonchev–Trinajstić information content (AvgIpc) is 0.839. The van der Waals surface area contributed by atoms with Crippen LogP contribution in [-0.4, -0.2) is 263 Å². The molecular formula is C57H64O33. The number of aliphatic hydroxyl groups excluding tert-OH is 14. The van der Waals surface area contributed by atoms with E-state index < -0.39 is 202 Å². The maximum absolute atomic E-state index is 12.9. The number of fused-ring (bicyclic) bond motifs is 1. The first-order valence-corrected chi connectivity index (χ1v) is 27.3. The molecule has 0 bridgehead atoms. The molecule has 4 aromatic carbocycles. The van der Waals surface area contributed by atoms with Crippen molar-refractivity contribution in [2.75, 3.05) is 26.4 Å². The lowest BCUT2D eigenvalue weighted by atomic mass is 9.98. The van der Waals surface area contributed by atoms with Crippen molar-refractivity contribution in [3.05, 3.63) is 101 Å². The summed E-state index contributed by atoms with van der Waals surface area (Å²) in [4.78, 5) is 25.6. The summed E-state index contributed by atoms with van der Waals surface area (Å²) in [6.07, 6.45) is -31.2. The lowest BCUT2D eigenvalue weighted by Gasteiger charge is -2.41. The molecule has 4 fully saturated rings. The molecule has 0 aromatic heterocycles. The Bertz CT molecular complexity index is 3260. The Morgan fingerprint density at radius 3 is 1.26 bits per heavy atom. The van der Waals surface area contributed by atoms with Gasteiger partial charge >= 0.3 is 11.9 Å². The molecule has 9 rings (SSSR count). The van der Waals surface area contributed by atoms with Crippen LogP contribution in [0.15, 0.2) is 78.6 Å². The number of aliphatic hydroxyl groups is 14. The molecule has 0 amide bonds. The highest BCUT2D eigenvalue weighted by atomic mass is 16.7. The average molecular weight is 1280 g/mol. The number of rotatable bonds is 19. The van der Waals surface area contributed by atoms with Crippen molar-refractivity contribution < 1.29 is 164 Å². The molecule has 21 unspecified atom stereocenters. The standard InChI is InChI=1S/C57H64O33/c58-16-34-41(68)45(72)50(77)55(87-34)84-30-5-1-20(9-26(30)61)4-8-39(66)81-19-37-44(71)48(75)52(79)56(90-37)85-31-6-2-21(10-27(31)62)3-7-38(65)80-18-36-43(70)47(74)49(76)54(89-36)82-23-13-25(60)24-15-33(86-57-51(78)46(73)42(69)35(17-59)88-57)53(83-32(24)14-23)22-11-28(63)40(67)29(64)12-22/h1-15,34-37,41-64,67-79H,16-19H2. The summed E-state index contributed by atoms with van der Waals surface area (Å²) in [6, 6.07) is 11.4. The van der Waals surface area contributed by atoms with Gasteiger partial charge in [-0.3, -0.25) is 0 Å². The normalized spacial score (nSPS) is 33.5. The third kappa shape index (κ3) is 14.5. The molecule has 0 saturated carbocycles. The Balaban J connectivity index is 0.780. The third-order valence-electron chi connectivity index (χ3n) is 14.9. The van der Waals surface area contributed by atoms with Crippen molar-refractivity contribution in [1.82, 2.24) is 0 Å². The summed E-state index contributed by atoms with van der Waals surface area (Å²) >= 11 is 0. The van der Waals surface area contributed by atoms with E-state index in [1.54, 1.807) is 0 Å². The first-order valence-electron chi connectivity index (χ1n) is 27.3. The maximum Gasteiger partial charge on any atom is 0.330 e. The van der Waals surface area contributed by atoms with Crippen LogP contribution in [0.1, 0.15) is 28.4 Å². The van der Waals surface area contributed by atoms with E-state index in [2.05, 4.69) is 0 Å². The molecule has 0 aliphatic carbocycles. The van der Waals surface area contributed by atoms with Gasteiger partial charge in [-0.05, 0) is 65.8 Å². The molecule has 21 atom stereocenters. The summed E-state index contributed by atoms with van der Waals surface area (Å²) in [5.74, 6) is -7.73. The Hall–Kier alpha value is -7.88. The van der Waals surface area contributed by atoms with Gasteiger partial charge in [-0.2, -0.15) is 0 Å². The summed E-state index contributed by atoms with van der Waals surface area (Å²) < 4.78 is 61.2. The summed E-state index contributed by atoms with van der Waals surface area (Å²) in [5, 5.41) is 208. The van der Waals surface area contributed by atoms with Crippen LogP contribution in [0.3, 0.4) is 0 Å². The van der Waals surface area contributed by atoms with Gasteiger partial charge in [0.2, 0.25) is 25.2 Å².